The molecule has 4 atom stereocenters. The SMILES string of the molecule is CC(C)[C@H](O)C(=O)N1C[C@H](OCc2ccc(Cl)c(Cl)c2)C[C@H]1C(=O)N[C@@H](CC(F)F)C(=O)NCCc1c(F)cc(C(=O)O)cc1F. The fourth-order valence-corrected chi connectivity index (χ4v) is 5.11. The summed E-state index contributed by atoms with van der Waals surface area (Å²) >= 11 is 12.0. The molecule has 0 unspecified atom stereocenters. The predicted molar refractivity (Wildman–Crippen MR) is 159 cm³/mol. The van der Waals surface area contributed by atoms with Crippen LogP contribution in [-0.4, -0.2) is 82.6 Å². The third-order valence-corrected chi connectivity index (χ3v) is 8.05. The van der Waals surface area contributed by atoms with Gasteiger partial charge in [-0.2, -0.15) is 0 Å². The van der Waals surface area contributed by atoms with E-state index < -0.39 is 102 Å². The van der Waals surface area contributed by atoms with Crippen LogP contribution in [0.15, 0.2) is 30.3 Å². The van der Waals surface area contributed by atoms with E-state index in [4.69, 9.17) is 33.0 Å². The van der Waals surface area contributed by atoms with E-state index in [0.717, 1.165) is 4.90 Å². The first-order valence-corrected chi connectivity index (χ1v) is 15.0. The number of likely N-dealkylation sites (tertiary alicyclic amines) is 1. The molecule has 2 aromatic carbocycles. The minimum atomic E-state index is -3.04. The first-order chi connectivity index (χ1) is 21.6. The van der Waals surface area contributed by atoms with Gasteiger partial charge in [0.05, 0.1) is 28.3 Å². The third kappa shape index (κ3) is 9.77. The Bertz CT molecular complexity index is 1430. The number of carboxylic acids is 1. The maximum Gasteiger partial charge on any atom is 0.335 e. The van der Waals surface area contributed by atoms with E-state index in [-0.39, 0.29) is 24.6 Å². The van der Waals surface area contributed by atoms with Crippen molar-refractivity contribution < 1.29 is 51.7 Å². The normalized spacial score (nSPS) is 17.7. The number of aliphatic hydroxyl groups is 1. The largest absolute Gasteiger partial charge is 0.478 e. The van der Waals surface area contributed by atoms with Gasteiger partial charge in [0.1, 0.15) is 29.8 Å². The third-order valence-electron chi connectivity index (χ3n) is 7.31. The zero-order valence-electron chi connectivity index (χ0n) is 24.7. The number of carboxylic acid groups (broad SMARTS) is 1. The van der Waals surface area contributed by atoms with Gasteiger partial charge in [-0.1, -0.05) is 43.1 Å². The first-order valence-electron chi connectivity index (χ1n) is 14.2. The van der Waals surface area contributed by atoms with Crippen molar-refractivity contribution >= 4 is 46.9 Å². The van der Waals surface area contributed by atoms with Crippen LogP contribution in [0.1, 0.15) is 48.2 Å². The number of alkyl halides is 2. The Hall–Kier alpha value is -3.46. The van der Waals surface area contributed by atoms with E-state index in [9.17, 15) is 41.8 Å². The highest BCUT2D eigenvalue weighted by Crippen LogP contribution is 2.27. The first kappa shape index (κ1) is 37.0. The van der Waals surface area contributed by atoms with Gasteiger partial charge in [-0.15, -0.1) is 0 Å². The molecule has 0 radical (unpaired) electrons. The predicted octanol–water partition coefficient (Wildman–Crippen LogP) is 3.97. The molecule has 4 N–H and O–H groups in total. The number of rotatable bonds is 14. The van der Waals surface area contributed by atoms with Gasteiger partial charge < -0.3 is 30.5 Å². The summed E-state index contributed by atoms with van der Waals surface area (Å²) in [6.07, 6.45) is -6.88. The fraction of sp³-hybridized carbons (Fsp3) is 0.467. The highest BCUT2D eigenvalue weighted by molar-refractivity contribution is 6.42. The van der Waals surface area contributed by atoms with Gasteiger partial charge in [0.25, 0.3) is 5.91 Å². The number of benzene rings is 2. The second-order valence-corrected chi connectivity index (χ2v) is 11.9. The lowest BCUT2D eigenvalue weighted by atomic mass is 10.1. The number of hydrogen-bond donors (Lipinski definition) is 4. The zero-order valence-corrected chi connectivity index (χ0v) is 26.3. The average Bonchev–Trinajstić information content (AvgIpc) is 3.42. The highest BCUT2D eigenvalue weighted by atomic mass is 35.5. The Morgan fingerprint density at radius 2 is 1.72 bits per heavy atom. The molecular weight excluding hydrogens is 661 g/mol. The van der Waals surface area contributed by atoms with E-state index in [1.165, 1.54) is 0 Å². The molecule has 46 heavy (non-hydrogen) atoms. The minimum absolute atomic E-state index is 0.0291. The van der Waals surface area contributed by atoms with E-state index >= 15 is 0 Å². The lowest BCUT2D eigenvalue weighted by Crippen LogP contribution is -2.55. The topological polar surface area (TPSA) is 145 Å². The van der Waals surface area contributed by atoms with Crippen LogP contribution in [0, 0.1) is 17.6 Å². The molecule has 3 rings (SSSR count). The van der Waals surface area contributed by atoms with Gasteiger partial charge in [-0.05, 0) is 42.2 Å². The van der Waals surface area contributed by atoms with Crippen molar-refractivity contribution in [2.75, 3.05) is 13.1 Å². The Morgan fingerprint density at radius 3 is 2.28 bits per heavy atom. The summed E-state index contributed by atoms with van der Waals surface area (Å²) in [4.78, 5) is 51.4. The molecule has 3 amide bonds. The van der Waals surface area contributed by atoms with Gasteiger partial charge in [0, 0.05) is 31.5 Å². The summed E-state index contributed by atoms with van der Waals surface area (Å²) in [6.45, 7) is 2.65. The van der Waals surface area contributed by atoms with Crippen molar-refractivity contribution in [1.82, 2.24) is 15.5 Å². The minimum Gasteiger partial charge on any atom is -0.478 e. The number of aliphatic hydroxyl groups excluding tert-OH is 1. The van der Waals surface area contributed by atoms with Gasteiger partial charge in [0.15, 0.2) is 0 Å². The van der Waals surface area contributed by atoms with Crippen molar-refractivity contribution in [2.24, 2.45) is 5.92 Å². The second-order valence-electron chi connectivity index (χ2n) is 11.1. The molecule has 2 aromatic rings. The number of carbonyl (C=O) groups is 4. The summed E-state index contributed by atoms with van der Waals surface area (Å²) in [7, 11) is 0. The molecular formula is C30H33Cl2F4N3O7. The van der Waals surface area contributed by atoms with Crippen LogP contribution in [0.5, 0.6) is 0 Å². The molecule has 252 valence electrons. The van der Waals surface area contributed by atoms with E-state index in [1.54, 1.807) is 32.0 Å². The molecule has 0 aromatic heterocycles. The number of halogens is 6. The summed E-state index contributed by atoms with van der Waals surface area (Å²) in [5, 5.41) is 24.5. The number of hydrogen-bond acceptors (Lipinski definition) is 6. The quantitative estimate of drug-likeness (QED) is 0.219. The lowest BCUT2D eigenvalue weighted by Gasteiger charge is -2.28. The van der Waals surface area contributed by atoms with Crippen molar-refractivity contribution in [3.63, 3.8) is 0 Å². The van der Waals surface area contributed by atoms with E-state index in [0.29, 0.717) is 22.7 Å². The Morgan fingerprint density at radius 1 is 1.07 bits per heavy atom. The van der Waals surface area contributed by atoms with Gasteiger partial charge in [-0.3, -0.25) is 14.4 Å². The summed E-state index contributed by atoms with van der Waals surface area (Å²) in [6, 6.07) is 2.95. The van der Waals surface area contributed by atoms with Crippen molar-refractivity contribution in [1.29, 1.82) is 0 Å². The maximum absolute atomic E-state index is 14.3. The highest BCUT2D eigenvalue weighted by Gasteiger charge is 2.43. The van der Waals surface area contributed by atoms with E-state index in [2.05, 4.69) is 10.6 Å². The van der Waals surface area contributed by atoms with Crippen LogP contribution in [0.25, 0.3) is 0 Å². The smallest absolute Gasteiger partial charge is 0.335 e. The molecule has 10 nitrogen and oxygen atoms in total. The standard InChI is InChI=1S/C30H33Cl2F4N3O7/c1-14(2)26(40)29(43)39-12-17(46-13-15-3-4-19(31)20(32)7-15)10-24(39)28(42)38-23(11-25(35)36)27(41)37-6-5-18-21(33)8-16(30(44)45)9-22(18)34/h3-4,7-9,14,17,23-26,40H,5-6,10-13H2,1-2H3,(H,37,41)(H,38,42)(H,44,45)/t17-,23+,24+,26+/m1/s1. The van der Waals surface area contributed by atoms with Crippen LogP contribution < -0.4 is 10.6 Å². The van der Waals surface area contributed by atoms with Crippen LogP contribution in [0.2, 0.25) is 10.0 Å². The number of carbonyl (C=O) groups excluding carboxylic acids is 3. The molecule has 1 aliphatic heterocycles. The maximum atomic E-state index is 14.3. The summed E-state index contributed by atoms with van der Waals surface area (Å²) in [5.41, 5.74) is -0.506. The number of amides is 3. The van der Waals surface area contributed by atoms with Gasteiger partial charge in [-0.25, -0.2) is 22.4 Å². The second kappa shape index (κ2) is 16.4. The summed E-state index contributed by atoms with van der Waals surface area (Å²) in [5.74, 6) is -7.23. The molecule has 1 saturated heterocycles. The lowest BCUT2D eigenvalue weighted by molar-refractivity contribution is -0.147. The van der Waals surface area contributed by atoms with Crippen LogP contribution in [0.4, 0.5) is 17.6 Å². The van der Waals surface area contributed by atoms with Crippen LogP contribution in [-0.2, 0) is 32.1 Å². The molecule has 0 aliphatic carbocycles. The molecule has 1 heterocycles. The number of ether oxygens (including phenoxy) is 1. The molecule has 0 saturated carbocycles. The number of nitrogens with zero attached hydrogens (tertiary/aromatic N) is 1. The average molecular weight is 695 g/mol. The van der Waals surface area contributed by atoms with Gasteiger partial charge in [0.2, 0.25) is 18.2 Å². The fourth-order valence-electron chi connectivity index (χ4n) is 4.79. The summed E-state index contributed by atoms with van der Waals surface area (Å²) < 4.78 is 61.3. The molecule has 0 bridgehead atoms. The van der Waals surface area contributed by atoms with Crippen LogP contribution >= 0.6 is 23.2 Å². The van der Waals surface area contributed by atoms with Crippen molar-refractivity contribution in [3.05, 3.63) is 68.7 Å². The molecule has 16 heteroatoms. The van der Waals surface area contributed by atoms with Crippen LogP contribution in [0.3, 0.4) is 0 Å². The van der Waals surface area contributed by atoms with Crippen molar-refractivity contribution in [2.45, 2.75) is 70.4 Å². The molecule has 0 spiro atoms. The zero-order chi connectivity index (χ0) is 34.3. The van der Waals surface area contributed by atoms with Crippen molar-refractivity contribution in [3.8, 4) is 0 Å². The monoisotopic (exact) mass is 693 g/mol. The number of nitrogens with one attached hydrogen (secondary N) is 2. The van der Waals surface area contributed by atoms with E-state index in [1.807, 2.05) is 0 Å². The Balaban J connectivity index is 1.71. The number of aromatic carboxylic acids is 1. The molecule has 1 aliphatic rings. The molecule has 1 fully saturated rings. The van der Waals surface area contributed by atoms with Gasteiger partial charge >= 0.3 is 5.97 Å². The Kier molecular flexibility index (Phi) is 13.2. The Labute approximate surface area is 272 Å².